The van der Waals surface area contributed by atoms with Gasteiger partial charge in [0.1, 0.15) is 5.75 Å². The van der Waals surface area contributed by atoms with E-state index in [1.54, 1.807) is 24.3 Å². The van der Waals surface area contributed by atoms with Crippen LogP contribution in [0.15, 0.2) is 66.7 Å². The molecule has 0 unspecified atom stereocenters. The zero-order chi connectivity index (χ0) is 23.0. The number of ether oxygens (including phenoxy) is 2. The Labute approximate surface area is 193 Å². The molecule has 1 aliphatic heterocycles. The molecule has 1 aliphatic rings. The maximum Gasteiger partial charge on any atom is 0.313 e. The molecule has 0 spiro atoms. The third kappa shape index (κ3) is 5.69. The summed E-state index contributed by atoms with van der Waals surface area (Å²) < 4.78 is 10.9. The molecule has 0 aliphatic carbocycles. The zero-order valence-corrected chi connectivity index (χ0v) is 18.8. The lowest BCUT2D eigenvalue weighted by Crippen LogP contribution is -2.45. The van der Waals surface area contributed by atoms with Gasteiger partial charge in [-0.05, 0) is 47.5 Å². The summed E-state index contributed by atoms with van der Waals surface area (Å²) >= 11 is 0. The van der Waals surface area contributed by atoms with Gasteiger partial charge >= 0.3 is 11.8 Å². The Hall–Kier alpha value is -3.42. The van der Waals surface area contributed by atoms with Crippen molar-refractivity contribution in [3.05, 3.63) is 72.3 Å². The summed E-state index contributed by atoms with van der Waals surface area (Å²) in [5, 5.41) is 7.77. The highest BCUT2D eigenvalue weighted by molar-refractivity contribution is 6.39. The Kier molecular flexibility index (Phi) is 7.55. The summed E-state index contributed by atoms with van der Waals surface area (Å²) in [7, 11) is 0. The van der Waals surface area contributed by atoms with Gasteiger partial charge < -0.3 is 20.1 Å². The highest BCUT2D eigenvalue weighted by Gasteiger charge is 2.25. The average molecular weight is 448 g/mol. The first-order chi connectivity index (χ1) is 16.2. The van der Waals surface area contributed by atoms with Gasteiger partial charge in [0.15, 0.2) is 0 Å². The number of carbonyl (C=O) groups is 2. The van der Waals surface area contributed by atoms with E-state index in [0.717, 1.165) is 29.4 Å². The van der Waals surface area contributed by atoms with Crippen LogP contribution in [0.2, 0.25) is 0 Å². The van der Waals surface area contributed by atoms with Crippen LogP contribution in [-0.4, -0.2) is 56.2 Å². The average Bonchev–Trinajstić information content (AvgIpc) is 2.86. The third-order valence-corrected chi connectivity index (χ3v) is 5.75. The van der Waals surface area contributed by atoms with Gasteiger partial charge in [-0.3, -0.25) is 14.5 Å². The monoisotopic (exact) mass is 447 g/mol. The van der Waals surface area contributed by atoms with E-state index in [4.69, 9.17) is 9.47 Å². The predicted molar refractivity (Wildman–Crippen MR) is 128 cm³/mol. The van der Waals surface area contributed by atoms with Gasteiger partial charge in [-0.2, -0.15) is 0 Å². The number of hydrogen-bond donors (Lipinski definition) is 2. The second kappa shape index (κ2) is 10.9. The number of morpholine rings is 1. The molecular weight excluding hydrogens is 418 g/mol. The van der Waals surface area contributed by atoms with E-state index in [-0.39, 0.29) is 6.04 Å². The Balaban J connectivity index is 1.46. The lowest BCUT2D eigenvalue weighted by molar-refractivity contribution is -0.136. The van der Waals surface area contributed by atoms with Crippen molar-refractivity contribution in [3.63, 3.8) is 0 Å². The van der Waals surface area contributed by atoms with Gasteiger partial charge in [-0.15, -0.1) is 0 Å². The molecule has 4 rings (SSSR count). The van der Waals surface area contributed by atoms with Gasteiger partial charge in [0, 0.05) is 25.3 Å². The number of rotatable bonds is 7. The van der Waals surface area contributed by atoms with Gasteiger partial charge in [-0.1, -0.05) is 42.5 Å². The molecule has 0 aromatic heterocycles. The molecule has 3 aromatic rings. The summed E-state index contributed by atoms with van der Waals surface area (Å²) in [5.41, 5.74) is 1.67. The lowest BCUT2D eigenvalue weighted by atomic mass is 9.97. The molecule has 2 N–H and O–H groups in total. The maximum absolute atomic E-state index is 12.6. The summed E-state index contributed by atoms with van der Waals surface area (Å²) in [6.07, 6.45) is 0. The summed E-state index contributed by atoms with van der Waals surface area (Å²) in [6, 6.07) is 21.3. The number of anilines is 1. The van der Waals surface area contributed by atoms with E-state index in [2.05, 4.69) is 39.8 Å². The van der Waals surface area contributed by atoms with Gasteiger partial charge in [0.2, 0.25) is 0 Å². The van der Waals surface area contributed by atoms with Crippen LogP contribution in [0, 0.1) is 0 Å². The quantitative estimate of drug-likeness (QED) is 0.543. The largest absolute Gasteiger partial charge is 0.494 e. The molecule has 1 heterocycles. The topological polar surface area (TPSA) is 79.9 Å². The number of fused-ring (bicyclic) bond motifs is 1. The normalized spacial score (nSPS) is 15.1. The molecule has 3 aromatic carbocycles. The maximum atomic E-state index is 12.6. The number of benzene rings is 3. The molecule has 0 radical (unpaired) electrons. The highest BCUT2D eigenvalue weighted by atomic mass is 16.5. The van der Waals surface area contributed by atoms with Crippen molar-refractivity contribution < 1.29 is 19.1 Å². The van der Waals surface area contributed by atoms with Gasteiger partial charge in [-0.25, -0.2) is 0 Å². The Morgan fingerprint density at radius 2 is 1.70 bits per heavy atom. The van der Waals surface area contributed by atoms with Crippen molar-refractivity contribution in [1.29, 1.82) is 0 Å². The molecule has 172 valence electrons. The van der Waals surface area contributed by atoms with E-state index in [0.29, 0.717) is 37.8 Å². The minimum atomic E-state index is -0.696. The highest BCUT2D eigenvalue weighted by Crippen LogP contribution is 2.28. The number of hydrogen-bond acceptors (Lipinski definition) is 5. The minimum absolute atomic E-state index is 0.0674. The Morgan fingerprint density at radius 1 is 0.970 bits per heavy atom. The van der Waals surface area contributed by atoms with Crippen LogP contribution in [0.3, 0.4) is 0 Å². The Morgan fingerprint density at radius 3 is 2.45 bits per heavy atom. The summed E-state index contributed by atoms with van der Waals surface area (Å²) in [4.78, 5) is 27.4. The molecule has 1 saturated heterocycles. The molecule has 0 bridgehead atoms. The van der Waals surface area contributed by atoms with Gasteiger partial charge in [0.25, 0.3) is 0 Å². The minimum Gasteiger partial charge on any atom is -0.494 e. The third-order valence-electron chi connectivity index (χ3n) is 5.75. The van der Waals surface area contributed by atoms with Crippen molar-refractivity contribution in [2.45, 2.75) is 13.0 Å². The second-order valence-corrected chi connectivity index (χ2v) is 7.85. The van der Waals surface area contributed by atoms with Gasteiger partial charge in [0.05, 0.1) is 25.9 Å². The van der Waals surface area contributed by atoms with Crippen LogP contribution in [0.4, 0.5) is 5.69 Å². The molecule has 2 amide bonds. The molecule has 7 nitrogen and oxygen atoms in total. The van der Waals surface area contributed by atoms with Crippen molar-refractivity contribution in [2.24, 2.45) is 0 Å². The predicted octanol–water partition coefficient (Wildman–Crippen LogP) is 3.37. The van der Waals surface area contributed by atoms with E-state index < -0.39 is 11.8 Å². The zero-order valence-electron chi connectivity index (χ0n) is 18.8. The van der Waals surface area contributed by atoms with Crippen molar-refractivity contribution in [2.75, 3.05) is 44.8 Å². The fraction of sp³-hybridized carbons (Fsp3) is 0.308. The number of carbonyl (C=O) groups excluding carboxylic acids is 2. The number of amides is 2. The van der Waals surface area contributed by atoms with Crippen LogP contribution in [0.1, 0.15) is 18.5 Å². The van der Waals surface area contributed by atoms with E-state index in [1.165, 1.54) is 0 Å². The molecule has 1 fully saturated rings. The molecule has 1 atom stereocenters. The van der Waals surface area contributed by atoms with Crippen LogP contribution in [0.25, 0.3) is 10.8 Å². The Bertz CT molecular complexity index is 1090. The second-order valence-electron chi connectivity index (χ2n) is 7.85. The first kappa shape index (κ1) is 22.8. The molecule has 0 saturated carbocycles. The molecule has 33 heavy (non-hydrogen) atoms. The smallest absolute Gasteiger partial charge is 0.313 e. The van der Waals surface area contributed by atoms with Crippen molar-refractivity contribution in [1.82, 2.24) is 10.2 Å². The number of nitrogens with one attached hydrogen (secondary N) is 2. The van der Waals surface area contributed by atoms with E-state index in [1.807, 2.05) is 25.1 Å². The SMILES string of the molecule is CCOc1ccc(NC(=O)C(=O)NC[C@H](c2cccc3ccccc23)N2CCOCC2)cc1. The molecule has 7 heteroatoms. The fourth-order valence-corrected chi connectivity index (χ4v) is 4.12. The van der Waals surface area contributed by atoms with Crippen LogP contribution in [0.5, 0.6) is 5.75 Å². The number of nitrogens with zero attached hydrogens (tertiary/aromatic N) is 1. The first-order valence-corrected chi connectivity index (χ1v) is 11.3. The summed E-state index contributed by atoms with van der Waals surface area (Å²) in [6.45, 7) is 5.62. The van der Waals surface area contributed by atoms with Crippen LogP contribution in [-0.2, 0) is 14.3 Å². The van der Waals surface area contributed by atoms with Crippen molar-refractivity contribution >= 4 is 28.3 Å². The fourth-order valence-electron chi connectivity index (χ4n) is 4.12. The van der Waals surface area contributed by atoms with E-state index >= 15 is 0 Å². The first-order valence-electron chi connectivity index (χ1n) is 11.3. The van der Waals surface area contributed by atoms with E-state index in [9.17, 15) is 9.59 Å². The van der Waals surface area contributed by atoms with Crippen LogP contribution < -0.4 is 15.4 Å². The lowest BCUT2D eigenvalue weighted by Gasteiger charge is -2.35. The van der Waals surface area contributed by atoms with Crippen LogP contribution >= 0.6 is 0 Å². The molecular formula is C26H29N3O4. The summed E-state index contributed by atoms with van der Waals surface area (Å²) in [5.74, 6) is -0.649. The standard InChI is InChI=1S/C26H29N3O4/c1-2-33-21-12-10-20(11-13-21)28-26(31)25(30)27-18-24(29-14-16-32-17-15-29)23-9-5-7-19-6-3-4-8-22(19)23/h3-13,24H,2,14-18H2,1H3,(H,27,30)(H,28,31)/t24-/m1/s1. The van der Waals surface area contributed by atoms with Crippen molar-refractivity contribution in [3.8, 4) is 5.75 Å².